The maximum Gasteiger partial charge on any atom is 0.262 e. The molecule has 0 radical (unpaired) electrons. The van der Waals surface area contributed by atoms with Gasteiger partial charge in [-0.2, -0.15) is 10.5 Å². The molecule has 0 aliphatic carbocycles. The first-order valence-corrected chi connectivity index (χ1v) is 7.83. The van der Waals surface area contributed by atoms with E-state index >= 15 is 0 Å². The normalized spacial score (nSPS) is 10.1. The van der Waals surface area contributed by atoms with E-state index in [1.165, 1.54) is 12.1 Å². The van der Waals surface area contributed by atoms with Crippen LogP contribution in [0.4, 0.5) is 0 Å². The Labute approximate surface area is 116 Å². The Bertz CT molecular complexity index is 661. The highest BCUT2D eigenvalue weighted by atomic mass is 32.2. The second-order valence-electron chi connectivity index (χ2n) is 3.55. The van der Waals surface area contributed by atoms with Gasteiger partial charge in [0.2, 0.25) is 0 Å². The zero-order valence-electron chi connectivity index (χ0n) is 10.3. The van der Waals surface area contributed by atoms with E-state index < -0.39 is 10.0 Å². The van der Waals surface area contributed by atoms with E-state index in [9.17, 15) is 8.42 Å². The molecule has 0 aliphatic heterocycles. The average molecular weight is 293 g/mol. The molecule has 1 aromatic carbocycles. The van der Waals surface area contributed by atoms with Crippen LogP contribution in [0.15, 0.2) is 39.8 Å². The van der Waals surface area contributed by atoms with Gasteiger partial charge in [0.25, 0.3) is 10.0 Å². The standard InChI is InChI=1S/C12H11N3O2S2/c1-9-3-5-11(6-4-9)19(16,17)15-12(18-2)10(7-13)8-14/h3-6,15H,1-2H3. The molecule has 5 nitrogen and oxygen atoms in total. The van der Waals surface area contributed by atoms with E-state index in [4.69, 9.17) is 10.5 Å². The molecule has 0 fully saturated rings. The summed E-state index contributed by atoms with van der Waals surface area (Å²) in [6.07, 6.45) is 1.58. The molecule has 1 N–H and O–H groups in total. The van der Waals surface area contributed by atoms with Gasteiger partial charge >= 0.3 is 0 Å². The zero-order chi connectivity index (χ0) is 14.5. The first-order chi connectivity index (χ1) is 8.94. The lowest BCUT2D eigenvalue weighted by Gasteiger charge is -2.09. The Kier molecular flexibility index (Phi) is 4.99. The molecule has 0 saturated heterocycles. The highest BCUT2D eigenvalue weighted by Crippen LogP contribution is 2.18. The minimum Gasteiger partial charge on any atom is -0.272 e. The van der Waals surface area contributed by atoms with E-state index in [1.54, 1.807) is 30.5 Å². The van der Waals surface area contributed by atoms with Gasteiger partial charge in [-0.05, 0) is 25.3 Å². The van der Waals surface area contributed by atoms with Gasteiger partial charge in [0.15, 0.2) is 5.57 Å². The van der Waals surface area contributed by atoms with Crippen molar-refractivity contribution in [2.24, 2.45) is 0 Å². The summed E-state index contributed by atoms with van der Waals surface area (Å²) in [5, 5.41) is 17.5. The smallest absolute Gasteiger partial charge is 0.262 e. The third-order valence-electron chi connectivity index (χ3n) is 2.21. The van der Waals surface area contributed by atoms with E-state index in [0.29, 0.717) is 0 Å². The molecule has 0 heterocycles. The summed E-state index contributed by atoms with van der Waals surface area (Å²) in [5.41, 5.74) is 0.678. The first kappa shape index (κ1) is 15.1. The van der Waals surface area contributed by atoms with E-state index in [2.05, 4.69) is 4.72 Å². The molecule has 0 unspecified atom stereocenters. The van der Waals surface area contributed by atoms with Crippen LogP contribution in [0.3, 0.4) is 0 Å². The lowest BCUT2D eigenvalue weighted by molar-refractivity contribution is 0.590. The highest BCUT2D eigenvalue weighted by Gasteiger charge is 2.17. The van der Waals surface area contributed by atoms with Crippen molar-refractivity contribution in [2.45, 2.75) is 11.8 Å². The van der Waals surface area contributed by atoms with Crippen LogP contribution in [0.1, 0.15) is 5.56 Å². The summed E-state index contributed by atoms with van der Waals surface area (Å²) < 4.78 is 26.4. The second kappa shape index (κ2) is 6.28. The Balaban J connectivity index is 3.18. The van der Waals surface area contributed by atoms with Crippen molar-refractivity contribution in [3.05, 3.63) is 40.4 Å². The summed E-state index contributed by atoms with van der Waals surface area (Å²) in [4.78, 5) is 0.0832. The van der Waals surface area contributed by atoms with Crippen LogP contribution < -0.4 is 4.72 Å². The molecule has 98 valence electrons. The molecule has 0 atom stereocenters. The number of nitrogens with zero attached hydrogens (tertiary/aromatic N) is 2. The van der Waals surface area contributed by atoms with Crippen LogP contribution in [0.2, 0.25) is 0 Å². The third kappa shape index (κ3) is 3.75. The lowest BCUT2D eigenvalue weighted by atomic mass is 10.2. The number of thioether (sulfide) groups is 1. The highest BCUT2D eigenvalue weighted by molar-refractivity contribution is 8.03. The van der Waals surface area contributed by atoms with Gasteiger partial charge in [-0.3, -0.25) is 4.72 Å². The molecule has 0 bridgehead atoms. The van der Waals surface area contributed by atoms with E-state index in [1.807, 2.05) is 6.92 Å². The summed E-state index contributed by atoms with van der Waals surface area (Å²) in [6, 6.07) is 9.59. The van der Waals surface area contributed by atoms with Crippen molar-refractivity contribution >= 4 is 21.8 Å². The molecular formula is C12H11N3O2S2. The fourth-order valence-electron chi connectivity index (χ4n) is 1.22. The summed E-state index contributed by atoms with van der Waals surface area (Å²) in [7, 11) is -3.78. The number of nitriles is 2. The number of rotatable bonds is 4. The van der Waals surface area contributed by atoms with Gasteiger partial charge in [-0.1, -0.05) is 17.7 Å². The molecule has 0 amide bonds. The topological polar surface area (TPSA) is 93.8 Å². The molecule has 0 aromatic heterocycles. The van der Waals surface area contributed by atoms with Crippen molar-refractivity contribution in [3.63, 3.8) is 0 Å². The van der Waals surface area contributed by atoms with Crippen LogP contribution in [0, 0.1) is 29.6 Å². The fourth-order valence-corrected chi connectivity index (χ4v) is 3.14. The molecule has 0 saturated carbocycles. The minimum absolute atomic E-state index is 0.0191. The van der Waals surface area contributed by atoms with Crippen molar-refractivity contribution in [2.75, 3.05) is 6.26 Å². The number of nitrogens with one attached hydrogen (secondary N) is 1. The van der Waals surface area contributed by atoms with Gasteiger partial charge in [-0.15, -0.1) is 11.8 Å². The van der Waals surface area contributed by atoms with Gasteiger partial charge in [0.1, 0.15) is 17.2 Å². The number of hydrogen-bond acceptors (Lipinski definition) is 5. The monoisotopic (exact) mass is 293 g/mol. The largest absolute Gasteiger partial charge is 0.272 e. The molecule has 0 aliphatic rings. The van der Waals surface area contributed by atoms with Gasteiger partial charge in [-0.25, -0.2) is 8.42 Å². The second-order valence-corrected chi connectivity index (χ2v) is 6.05. The van der Waals surface area contributed by atoms with Crippen molar-refractivity contribution in [1.82, 2.24) is 4.72 Å². The van der Waals surface area contributed by atoms with Gasteiger partial charge in [0.05, 0.1) is 4.90 Å². The maximum absolute atomic E-state index is 12.1. The first-order valence-electron chi connectivity index (χ1n) is 5.12. The fraction of sp³-hybridized carbons (Fsp3) is 0.167. The predicted octanol–water partition coefficient (Wildman–Crippen LogP) is 1.90. The predicted molar refractivity (Wildman–Crippen MR) is 73.3 cm³/mol. The van der Waals surface area contributed by atoms with E-state index in [-0.39, 0.29) is 15.5 Å². The molecule has 0 spiro atoms. The SMILES string of the molecule is CSC(NS(=O)(=O)c1ccc(C)cc1)=C(C#N)C#N. The van der Waals surface area contributed by atoms with Crippen LogP contribution >= 0.6 is 11.8 Å². The van der Waals surface area contributed by atoms with Crippen LogP contribution in [0.5, 0.6) is 0 Å². The summed E-state index contributed by atoms with van der Waals surface area (Å²) in [5.74, 6) is 0. The number of aryl methyl sites for hydroxylation is 1. The minimum atomic E-state index is -3.78. The number of allylic oxidation sites excluding steroid dienone is 1. The molecule has 1 aromatic rings. The van der Waals surface area contributed by atoms with Gasteiger partial charge in [0, 0.05) is 0 Å². The summed E-state index contributed by atoms with van der Waals surface area (Å²) >= 11 is 0.996. The van der Waals surface area contributed by atoms with Crippen molar-refractivity contribution in [1.29, 1.82) is 10.5 Å². The Morgan fingerprint density at radius 2 is 1.74 bits per heavy atom. The Morgan fingerprint density at radius 1 is 1.21 bits per heavy atom. The number of sulfonamides is 1. The van der Waals surface area contributed by atoms with Crippen LogP contribution in [-0.2, 0) is 10.0 Å². The number of hydrogen-bond donors (Lipinski definition) is 1. The molecule has 7 heteroatoms. The Hall–Kier alpha value is -1.96. The van der Waals surface area contributed by atoms with Crippen LogP contribution in [0.25, 0.3) is 0 Å². The summed E-state index contributed by atoms with van der Waals surface area (Å²) in [6.45, 7) is 1.85. The van der Waals surface area contributed by atoms with Crippen LogP contribution in [-0.4, -0.2) is 14.7 Å². The maximum atomic E-state index is 12.1. The average Bonchev–Trinajstić information content (AvgIpc) is 2.39. The molecular weight excluding hydrogens is 282 g/mol. The van der Waals surface area contributed by atoms with E-state index in [0.717, 1.165) is 17.3 Å². The molecule has 19 heavy (non-hydrogen) atoms. The molecule has 1 rings (SSSR count). The quantitative estimate of drug-likeness (QED) is 0.856. The Morgan fingerprint density at radius 3 is 2.16 bits per heavy atom. The lowest BCUT2D eigenvalue weighted by Crippen LogP contribution is -2.22. The van der Waals surface area contributed by atoms with Crippen molar-refractivity contribution in [3.8, 4) is 12.1 Å². The van der Waals surface area contributed by atoms with Gasteiger partial charge < -0.3 is 0 Å². The van der Waals surface area contributed by atoms with Crippen molar-refractivity contribution < 1.29 is 8.42 Å². The zero-order valence-corrected chi connectivity index (χ0v) is 12.0. The third-order valence-corrected chi connectivity index (χ3v) is 4.42. The number of benzene rings is 1.